The maximum absolute atomic E-state index is 3.79. The zero-order valence-corrected chi connectivity index (χ0v) is 5.65. The van der Waals surface area contributed by atoms with Gasteiger partial charge in [0.25, 0.3) is 0 Å². The van der Waals surface area contributed by atoms with Gasteiger partial charge < -0.3 is 4.98 Å². The van der Waals surface area contributed by atoms with Crippen molar-refractivity contribution in [2.75, 3.05) is 0 Å². The molecule has 9 heavy (non-hydrogen) atoms. The Morgan fingerprint density at radius 2 is 2.67 bits per heavy atom. The Morgan fingerprint density at radius 3 is 3.22 bits per heavy atom. The summed E-state index contributed by atoms with van der Waals surface area (Å²) in [5.41, 5.74) is 1.12. The van der Waals surface area contributed by atoms with Crippen LogP contribution in [-0.4, -0.2) is 9.97 Å². The first-order valence-corrected chi connectivity index (χ1v) is 3.33. The van der Waals surface area contributed by atoms with E-state index in [1.54, 1.807) is 6.33 Å². The Kier molecular flexibility index (Phi) is 2.31. The van der Waals surface area contributed by atoms with Crippen molar-refractivity contribution in [3.63, 3.8) is 0 Å². The number of nitrogens with one attached hydrogen (secondary N) is 1. The lowest BCUT2D eigenvalue weighted by Crippen LogP contribution is -1.82. The van der Waals surface area contributed by atoms with Crippen LogP contribution in [0.5, 0.6) is 0 Å². The van der Waals surface area contributed by atoms with E-state index in [2.05, 4.69) is 23.1 Å². The molecule has 0 spiro atoms. The summed E-state index contributed by atoms with van der Waals surface area (Å²) in [4.78, 5) is 6.80. The van der Waals surface area contributed by atoms with E-state index in [0.29, 0.717) is 0 Å². The lowest BCUT2D eigenvalue weighted by atomic mass is 10.2. The number of hydrogen-bond acceptors (Lipinski definition) is 1. The van der Waals surface area contributed by atoms with Gasteiger partial charge in [0.2, 0.25) is 0 Å². The van der Waals surface area contributed by atoms with Gasteiger partial charge in [-0.15, -0.1) is 0 Å². The van der Waals surface area contributed by atoms with E-state index in [1.165, 1.54) is 12.8 Å². The molecule has 1 aromatic heterocycles. The van der Waals surface area contributed by atoms with Crippen molar-refractivity contribution in [1.82, 2.24) is 9.97 Å². The summed E-state index contributed by atoms with van der Waals surface area (Å²) in [6.07, 6.45) is 8.07. The van der Waals surface area contributed by atoms with Crippen LogP contribution in [0.1, 0.15) is 25.5 Å². The van der Waals surface area contributed by atoms with Gasteiger partial charge in [0.1, 0.15) is 6.20 Å². The molecule has 0 saturated carbocycles. The number of aromatic nitrogens is 2. The molecule has 0 bridgehead atoms. The SMILES string of the molecule is CCCCc1[c]nc[nH]1. The third-order valence-electron chi connectivity index (χ3n) is 1.28. The third kappa shape index (κ3) is 1.88. The second-order valence-corrected chi connectivity index (χ2v) is 2.10. The fraction of sp³-hybridized carbons (Fsp3) is 0.571. The zero-order valence-electron chi connectivity index (χ0n) is 5.65. The molecule has 1 N–H and O–H groups in total. The standard InChI is InChI=1S/C7H11N2/c1-2-3-4-7-5-8-6-9-7/h6H,2-4H2,1H3,(H,8,9). The molecule has 0 fully saturated rings. The highest BCUT2D eigenvalue weighted by atomic mass is 14.9. The smallest absolute Gasteiger partial charge is 0.111 e. The molecule has 1 heterocycles. The van der Waals surface area contributed by atoms with Crippen LogP contribution in [0.3, 0.4) is 0 Å². The van der Waals surface area contributed by atoms with Gasteiger partial charge in [-0.2, -0.15) is 0 Å². The molecule has 2 heteroatoms. The van der Waals surface area contributed by atoms with Gasteiger partial charge in [-0.05, 0) is 12.8 Å². The molecule has 2 nitrogen and oxygen atoms in total. The molecule has 0 aromatic carbocycles. The number of H-pyrrole nitrogens is 1. The summed E-state index contributed by atoms with van der Waals surface area (Å²) in [6.45, 7) is 2.18. The Labute approximate surface area is 55.3 Å². The number of rotatable bonds is 3. The van der Waals surface area contributed by atoms with Crippen molar-refractivity contribution < 1.29 is 0 Å². The Bertz CT molecular complexity index is 144. The van der Waals surface area contributed by atoms with Gasteiger partial charge in [-0.25, -0.2) is 4.98 Å². The molecule has 0 aliphatic heterocycles. The topological polar surface area (TPSA) is 28.7 Å². The predicted molar refractivity (Wildman–Crippen MR) is 36.0 cm³/mol. The van der Waals surface area contributed by atoms with Crippen LogP contribution in [0, 0.1) is 6.20 Å². The number of aryl methyl sites for hydroxylation is 1. The highest BCUT2D eigenvalue weighted by Gasteiger charge is 1.90. The summed E-state index contributed by atoms with van der Waals surface area (Å²) < 4.78 is 0. The molecular weight excluding hydrogens is 112 g/mol. The largest absolute Gasteiger partial charge is 0.348 e. The fourth-order valence-electron chi connectivity index (χ4n) is 0.734. The minimum Gasteiger partial charge on any atom is -0.348 e. The maximum Gasteiger partial charge on any atom is 0.111 e. The molecule has 1 rings (SSSR count). The van der Waals surface area contributed by atoms with E-state index >= 15 is 0 Å². The number of aromatic amines is 1. The first-order chi connectivity index (χ1) is 4.43. The van der Waals surface area contributed by atoms with Crippen LogP contribution in [0.2, 0.25) is 0 Å². The Morgan fingerprint density at radius 1 is 1.78 bits per heavy atom. The maximum atomic E-state index is 3.79. The summed E-state index contributed by atoms with van der Waals surface area (Å²) in [6, 6.07) is 0. The number of unbranched alkanes of at least 4 members (excludes halogenated alkanes) is 1. The van der Waals surface area contributed by atoms with E-state index in [-0.39, 0.29) is 0 Å². The molecule has 1 radical (unpaired) electrons. The predicted octanol–water partition coefficient (Wildman–Crippen LogP) is 1.55. The Hall–Kier alpha value is -0.790. The van der Waals surface area contributed by atoms with E-state index in [4.69, 9.17) is 0 Å². The summed E-state index contributed by atoms with van der Waals surface area (Å²) in [5, 5.41) is 0. The summed E-state index contributed by atoms with van der Waals surface area (Å²) >= 11 is 0. The molecule has 0 unspecified atom stereocenters. The highest BCUT2D eigenvalue weighted by molar-refractivity contribution is 4.91. The highest BCUT2D eigenvalue weighted by Crippen LogP contribution is 1.97. The second-order valence-electron chi connectivity index (χ2n) is 2.10. The van der Waals surface area contributed by atoms with Gasteiger partial charge in [0, 0.05) is 5.69 Å². The van der Waals surface area contributed by atoms with Crippen molar-refractivity contribution in [2.45, 2.75) is 26.2 Å². The van der Waals surface area contributed by atoms with Crippen LogP contribution in [-0.2, 0) is 6.42 Å². The van der Waals surface area contributed by atoms with Crippen molar-refractivity contribution in [3.8, 4) is 0 Å². The molecule has 1 aromatic rings. The van der Waals surface area contributed by atoms with Crippen molar-refractivity contribution in [3.05, 3.63) is 18.2 Å². The van der Waals surface area contributed by atoms with Gasteiger partial charge >= 0.3 is 0 Å². The quantitative estimate of drug-likeness (QED) is 0.649. The lowest BCUT2D eigenvalue weighted by Gasteiger charge is -1.90. The van der Waals surface area contributed by atoms with Gasteiger partial charge in [0.05, 0.1) is 6.33 Å². The zero-order chi connectivity index (χ0) is 6.53. The Balaban J connectivity index is 2.30. The van der Waals surface area contributed by atoms with Gasteiger partial charge in [-0.3, -0.25) is 0 Å². The first kappa shape index (κ1) is 6.33. The average Bonchev–Trinajstić information content (AvgIpc) is 2.34. The molecule has 49 valence electrons. The molecular formula is C7H11N2. The minimum atomic E-state index is 1.08. The lowest BCUT2D eigenvalue weighted by molar-refractivity contribution is 0.780. The third-order valence-corrected chi connectivity index (χ3v) is 1.28. The molecule has 0 saturated heterocycles. The average molecular weight is 123 g/mol. The van der Waals surface area contributed by atoms with Gasteiger partial charge in [0.15, 0.2) is 0 Å². The first-order valence-electron chi connectivity index (χ1n) is 3.33. The molecule has 0 aliphatic rings. The van der Waals surface area contributed by atoms with E-state index in [9.17, 15) is 0 Å². The molecule has 0 atom stereocenters. The van der Waals surface area contributed by atoms with E-state index in [0.717, 1.165) is 12.1 Å². The van der Waals surface area contributed by atoms with Crippen LogP contribution in [0.25, 0.3) is 0 Å². The number of nitrogens with zero attached hydrogens (tertiary/aromatic N) is 1. The van der Waals surface area contributed by atoms with Gasteiger partial charge in [-0.1, -0.05) is 13.3 Å². The number of imidazole rings is 1. The summed E-state index contributed by atoms with van der Waals surface area (Å²) in [7, 11) is 0. The van der Waals surface area contributed by atoms with Crippen molar-refractivity contribution >= 4 is 0 Å². The fourth-order valence-corrected chi connectivity index (χ4v) is 0.734. The van der Waals surface area contributed by atoms with E-state index < -0.39 is 0 Å². The van der Waals surface area contributed by atoms with Crippen molar-refractivity contribution in [1.29, 1.82) is 0 Å². The second kappa shape index (κ2) is 3.28. The monoisotopic (exact) mass is 123 g/mol. The van der Waals surface area contributed by atoms with E-state index in [1.807, 2.05) is 0 Å². The molecule has 0 aliphatic carbocycles. The molecule has 0 amide bonds. The normalized spacial score (nSPS) is 9.89. The van der Waals surface area contributed by atoms with Crippen molar-refractivity contribution in [2.24, 2.45) is 0 Å². The van der Waals surface area contributed by atoms with Crippen LogP contribution >= 0.6 is 0 Å². The van der Waals surface area contributed by atoms with Crippen LogP contribution in [0.4, 0.5) is 0 Å². The van der Waals surface area contributed by atoms with Crippen LogP contribution < -0.4 is 0 Å². The minimum absolute atomic E-state index is 1.08. The number of hydrogen-bond donors (Lipinski definition) is 1. The summed E-state index contributed by atoms with van der Waals surface area (Å²) in [5.74, 6) is 0. The van der Waals surface area contributed by atoms with Crippen LogP contribution in [0.15, 0.2) is 6.33 Å².